The van der Waals surface area contributed by atoms with Gasteiger partial charge in [-0.1, -0.05) is 20.3 Å². The van der Waals surface area contributed by atoms with Crippen LogP contribution >= 0.6 is 0 Å². The van der Waals surface area contributed by atoms with Crippen molar-refractivity contribution in [2.75, 3.05) is 39.3 Å². The molecule has 1 rings (SSSR count). The summed E-state index contributed by atoms with van der Waals surface area (Å²) in [6, 6.07) is 0.749. The van der Waals surface area contributed by atoms with E-state index in [1.54, 1.807) is 0 Å². The van der Waals surface area contributed by atoms with Gasteiger partial charge in [0.1, 0.15) is 0 Å². The molecule has 2 atom stereocenters. The smallest absolute Gasteiger partial charge is 0.0113 e. The van der Waals surface area contributed by atoms with Crippen LogP contribution in [-0.2, 0) is 0 Å². The van der Waals surface area contributed by atoms with Gasteiger partial charge in [0.2, 0.25) is 0 Å². The summed E-state index contributed by atoms with van der Waals surface area (Å²) >= 11 is 0. The molecule has 0 aromatic carbocycles. The first-order valence-corrected chi connectivity index (χ1v) is 6.87. The maximum Gasteiger partial charge on any atom is 0.0113 e. The van der Waals surface area contributed by atoms with Gasteiger partial charge in [-0.05, 0) is 25.8 Å². The van der Waals surface area contributed by atoms with Gasteiger partial charge in [0.05, 0.1) is 0 Å². The lowest BCUT2D eigenvalue weighted by Gasteiger charge is -2.38. The van der Waals surface area contributed by atoms with Crippen LogP contribution in [0.15, 0.2) is 0 Å². The van der Waals surface area contributed by atoms with E-state index in [0.717, 1.165) is 12.6 Å². The van der Waals surface area contributed by atoms with Crippen LogP contribution in [0.1, 0.15) is 33.6 Å². The SMILES string of the molecule is CCC(CN)CN1CCN(C(C)CC)CC1. The maximum absolute atomic E-state index is 5.76. The molecule has 0 aromatic rings. The Kier molecular flexibility index (Phi) is 6.32. The molecule has 1 aliphatic rings. The summed E-state index contributed by atoms with van der Waals surface area (Å²) in [7, 11) is 0. The summed E-state index contributed by atoms with van der Waals surface area (Å²) in [5, 5.41) is 0. The standard InChI is InChI=1S/C13H29N3/c1-4-12(3)16-8-6-15(7-9-16)11-13(5-2)10-14/h12-13H,4-11,14H2,1-3H3. The van der Waals surface area contributed by atoms with E-state index in [-0.39, 0.29) is 0 Å². The Morgan fingerprint density at radius 1 is 1.06 bits per heavy atom. The van der Waals surface area contributed by atoms with Crippen molar-refractivity contribution < 1.29 is 0 Å². The minimum absolute atomic E-state index is 0.690. The fourth-order valence-electron chi connectivity index (χ4n) is 2.38. The molecular formula is C13H29N3. The highest BCUT2D eigenvalue weighted by atomic mass is 15.3. The Hall–Kier alpha value is -0.120. The van der Waals surface area contributed by atoms with Crippen molar-refractivity contribution >= 4 is 0 Å². The quantitative estimate of drug-likeness (QED) is 0.744. The monoisotopic (exact) mass is 227 g/mol. The molecule has 1 fully saturated rings. The van der Waals surface area contributed by atoms with Gasteiger partial charge >= 0.3 is 0 Å². The zero-order chi connectivity index (χ0) is 12.0. The fraction of sp³-hybridized carbons (Fsp3) is 1.00. The minimum atomic E-state index is 0.690. The molecule has 1 aliphatic heterocycles. The molecule has 2 N–H and O–H groups in total. The van der Waals surface area contributed by atoms with E-state index in [2.05, 4.69) is 30.6 Å². The van der Waals surface area contributed by atoms with Crippen LogP contribution in [-0.4, -0.2) is 55.1 Å². The van der Waals surface area contributed by atoms with Gasteiger partial charge in [0.25, 0.3) is 0 Å². The molecule has 3 heteroatoms. The van der Waals surface area contributed by atoms with Gasteiger partial charge in [-0.3, -0.25) is 4.90 Å². The largest absolute Gasteiger partial charge is 0.330 e. The van der Waals surface area contributed by atoms with E-state index in [9.17, 15) is 0 Å². The average Bonchev–Trinajstić information content (AvgIpc) is 2.35. The second-order valence-electron chi connectivity index (χ2n) is 5.10. The van der Waals surface area contributed by atoms with E-state index in [4.69, 9.17) is 5.73 Å². The third kappa shape index (κ3) is 4.04. The Balaban J connectivity index is 2.26. The van der Waals surface area contributed by atoms with Crippen molar-refractivity contribution in [2.24, 2.45) is 11.7 Å². The zero-order valence-electron chi connectivity index (χ0n) is 11.3. The maximum atomic E-state index is 5.76. The van der Waals surface area contributed by atoms with Crippen molar-refractivity contribution in [1.82, 2.24) is 9.80 Å². The van der Waals surface area contributed by atoms with Crippen LogP contribution in [0.25, 0.3) is 0 Å². The van der Waals surface area contributed by atoms with E-state index in [1.165, 1.54) is 45.6 Å². The minimum Gasteiger partial charge on any atom is -0.330 e. The Labute approximate surface area is 101 Å². The lowest BCUT2D eigenvalue weighted by Crippen LogP contribution is -2.50. The van der Waals surface area contributed by atoms with Gasteiger partial charge in [-0.25, -0.2) is 0 Å². The van der Waals surface area contributed by atoms with Gasteiger partial charge in [0.15, 0.2) is 0 Å². The second kappa shape index (κ2) is 7.25. The van der Waals surface area contributed by atoms with Crippen molar-refractivity contribution in [3.8, 4) is 0 Å². The summed E-state index contributed by atoms with van der Waals surface area (Å²) in [4.78, 5) is 5.19. The molecule has 0 spiro atoms. The molecular weight excluding hydrogens is 198 g/mol. The average molecular weight is 227 g/mol. The van der Waals surface area contributed by atoms with Gasteiger partial charge in [0, 0.05) is 38.8 Å². The van der Waals surface area contributed by atoms with Crippen LogP contribution in [0.4, 0.5) is 0 Å². The fourth-order valence-corrected chi connectivity index (χ4v) is 2.38. The van der Waals surface area contributed by atoms with Crippen molar-refractivity contribution in [3.05, 3.63) is 0 Å². The highest BCUT2D eigenvalue weighted by Crippen LogP contribution is 2.11. The molecule has 0 aromatic heterocycles. The molecule has 96 valence electrons. The highest BCUT2D eigenvalue weighted by Gasteiger charge is 2.21. The third-order valence-electron chi connectivity index (χ3n) is 4.05. The lowest BCUT2D eigenvalue weighted by atomic mass is 10.1. The molecule has 0 bridgehead atoms. The molecule has 0 saturated carbocycles. The molecule has 16 heavy (non-hydrogen) atoms. The van der Waals surface area contributed by atoms with Crippen molar-refractivity contribution in [2.45, 2.75) is 39.7 Å². The van der Waals surface area contributed by atoms with Crippen molar-refractivity contribution in [1.29, 1.82) is 0 Å². The summed E-state index contributed by atoms with van der Waals surface area (Å²) in [5.41, 5.74) is 5.76. The molecule has 1 heterocycles. The van der Waals surface area contributed by atoms with Crippen LogP contribution in [0.5, 0.6) is 0 Å². The van der Waals surface area contributed by atoms with Crippen LogP contribution < -0.4 is 5.73 Å². The van der Waals surface area contributed by atoms with Gasteiger partial charge < -0.3 is 10.6 Å². The van der Waals surface area contributed by atoms with E-state index in [1.807, 2.05) is 0 Å². The number of hydrogen-bond acceptors (Lipinski definition) is 3. The first kappa shape index (κ1) is 13.9. The summed E-state index contributed by atoms with van der Waals surface area (Å²) < 4.78 is 0. The van der Waals surface area contributed by atoms with E-state index in [0.29, 0.717) is 5.92 Å². The first-order chi connectivity index (χ1) is 7.71. The van der Waals surface area contributed by atoms with E-state index >= 15 is 0 Å². The summed E-state index contributed by atoms with van der Waals surface area (Å²) in [6.45, 7) is 13.8. The molecule has 0 radical (unpaired) electrons. The van der Waals surface area contributed by atoms with Crippen LogP contribution in [0.3, 0.4) is 0 Å². The van der Waals surface area contributed by atoms with Crippen LogP contribution in [0, 0.1) is 5.92 Å². The number of nitrogens with two attached hydrogens (primary N) is 1. The topological polar surface area (TPSA) is 32.5 Å². The first-order valence-electron chi connectivity index (χ1n) is 6.87. The van der Waals surface area contributed by atoms with Gasteiger partial charge in [-0.15, -0.1) is 0 Å². The lowest BCUT2D eigenvalue weighted by molar-refractivity contribution is 0.0902. The zero-order valence-corrected chi connectivity index (χ0v) is 11.3. The Morgan fingerprint density at radius 2 is 1.69 bits per heavy atom. The molecule has 0 amide bonds. The predicted molar refractivity (Wildman–Crippen MR) is 70.6 cm³/mol. The molecule has 1 saturated heterocycles. The number of rotatable bonds is 6. The molecule has 0 aliphatic carbocycles. The third-order valence-corrected chi connectivity index (χ3v) is 4.05. The second-order valence-corrected chi connectivity index (χ2v) is 5.10. The highest BCUT2D eigenvalue weighted by molar-refractivity contribution is 4.77. The summed E-state index contributed by atoms with van der Waals surface area (Å²) in [5.74, 6) is 0.690. The number of piperazine rings is 1. The predicted octanol–water partition coefficient (Wildman–Crippen LogP) is 1.39. The van der Waals surface area contributed by atoms with Crippen LogP contribution in [0.2, 0.25) is 0 Å². The van der Waals surface area contributed by atoms with Gasteiger partial charge in [-0.2, -0.15) is 0 Å². The van der Waals surface area contributed by atoms with Crippen molar-refractivity contribution in [3.63, 3.8) is 0 Å². The number of hydrogen-bond donors (Lipinski definition) is 1. The molecule has 3 nitrogen and oxygen atoms in total. The molecule has 2 unspecified atom stereocenters. The Morgan fingerprint density at radius 3 is 2.12 bits per heavy atom. The normalized spacial score (nSPS) is 23.2. The number of nitrogens with zero attached hydrogens (tertiary/aromatic N) is 2. The summed E-state index contributed by atoms with van der Waals surface area (Å²) in [6.07, 6.45) is 2.47. The Bertz CT molecular complexity index is 172. The van der Waals surface area contributed by atoms with E-state index < -0.39 is 0 Å².